The number of benzene rings is 1. The third-order valence-electron chi connectivity index (χ3n) is 3.97. The molecule has 1 aliphatic rings. The molecule has 25 heavy (non-hydrogen) atoms. The van der Waals surface area contributed by atoms with Crippen LogP contribution in [0.5, 0.6) is 0 Å². The van der Waals surface area contributed by atoms with Crippen LogP contribution in [-0.2, 0) is 4.79 Å². The molecule has 1 amide bonds. The number of nitrogens with zero attached hydrogens (tertiary/aromatic N) is 2. The van der Waals surface area contributed by atoms with E-state index in [9.17, 15) is 13.6 Å². The van der Waals surface area contributed by atoms with Gasteiger partial charge >= 0.3 is 0 Å². The largest absolute Gasteiger partial charge is 0.465 e. The lowest BCUT2D eigenvalue weighted by Gasteiger charge is -2.19. The van der Waals surface area contributed by atoms with E-state index in [2.05, 4.69) is 5.32 Å². The van der Waals surface area contributed by atoms with E-state index in [1.54, 1.807) is 17.0 Å². The second-order valence-corrected chi connectivity index (χ2v) is 5.69. The van der Waals surface area contributed by atoms with Gasteiger partial charge in [0.1, 0.15) is 29.0 Å². The van der Waals surface area contributed by atoms with Crippen molar-refractivity contribution in [3.63, 3.8) is 0 Å². The molecule has 1 N–H and O–H groups in total. The van der Waals surface area contributed by atoms with Gasteiger partial charge in [0.05, 0.1) is 12.0 Å². The minimum atomic E-state index is -0.637. The Balaban J connectivity index is 1.64. The maximum Gasteiger partial charge on any atom is 0.262 e. The van der Waals surface area contributed by atoms with E-state index in [0.717, 1.165) is 6.07 Å². The van der Waals surface area contributed by atoms with E-state index in [1.165, 1.54) is 24.5 Å². The Morgan fingerprint density at radius 1 is 1.40 bits per heavy atom. The minimum Gasteiger partial charge on any atom is -0.465 e. The minimum absolute atomic E-state index is 0.0682. The van der Waals surface area contributed by atoms with E-state index in [0.29, 0.717) is 31.0 Å². The number of hydrogen-bond acceptors (Lipinski definition) is 4. The Labute approximate surface area is 143 Å². The summed E-state index contributed by atoms with van der Waals surface area (Å²) in [6, 6.07) is 8.32. The Bertz CT molecular complexity index is 841. The molecule has 0 radical (unpaired) electrons. The lowest BCUT2D eigenvalue weighted by molar-refractivity contribution is -0.117. The maximum atomic E-state index is 13.9. The first kappa shape index (κ1) is 16.7. The molecular weight excluding hydrogens is 328 g/mol. The van der Waals surface area contributed by atoms with Crippen molar-refractivity contribution in [3.05, 3.63) is 59.6 Å². The molecule has 1 atom stereocenters. The number of anilines is 1. The molecular formula is C18H15F2N3O2. The first-order valence-corrected chi connectivity index (χ1v) is 7.73. The molecule has 1 fully saturated rings. The van der Waals surface area contributed by atoms with Crippen LogP contribution in [0.4, 0.5) is 14.5 Å². The number of rotatable bonds is 4. The van der Waals surface area contributed by atoms with Crippen LogP contribution >= 0.6 is 0 Å². The molecule has 128 valence electrons. The van der Waals surface area contributed by atoms with Crippen molar-refractivity contribution in [1.82, 2.24) is 5.32 Å². The zero-order valence-corrected chi connectivity index (χ0v) is 13.2. The van der Waals surface area contributed by atoms with Crippen molar-refractivity contribution in [2.75, 3.05) is 18.0 Å². The van der Waals surface area contributed by atoms with Gasteiger partial charge in [0, 0.05) is 31.3 Å². The average molecular weight is 343 g/mol. The number of furan rings is 1. The van der Waals surface area contributed by atoms with Crippen molar-refractivity contribution < 1.29 is 18.0 Å². The third kappa shape index (κ3) is 3.86. The zero-order valence-electron chi connectivity index (χ0n) is 13.2. The molecule has 0 saturated carbocycles. The summed E-state index contributed by atoms with van der Waals surface area (Å²) < 4.78 is 32.0. The number of nitrogens with one attached hydrogen (secondary N) is 1. The Kier molecular flexibility index (Phi) is 4.80. The van der Waals surface area contributed by atoms with Crippen LogP contribution in [0, 0.1) is 23.0 Å². The average Bonchev–Trinajstić information content (AvgIpc) is 3.24. The SMILES string of the molecule is N#C/C(=C/c1ccco1)C(=O)NC1CCN(c2ccc(F)cc2F)C1. The smallest absolute Gasteiger partial charge is 0.262 e. The molecule has 1 saturated heterocycles. The van der Waals surface area contributed by atoms with Crippen molar-refractivity contribution in [2.24, 2.45) is 0 Å². The van der Waals surface area contributed by atoms with Gasteiger partial charge in [-0.2, -0.15) is 5.26 Å². The quantitative estimate of drug-likeness (QED) is 0.685. The Morgan fingerprint density at radius 2 is 2.24 bits per heavy atom. The fourth-order valence-corrected chi connectivity index (χ4v) is 2.76. The molecule has 3 rings (SSSR count). The Morgan fingerprint density at radius 3 is 2.92 bits per heavy atom. The maximum absolute atomic E-state index is 13.9. The van der Waals surface area contributed by atoms with Gasteiger partial charge in [0.25, 0.3) is 5.91 Å². The highest BCUT2D eigenvalue weighted by atomic mass is 19.1. The van der Waals surface area contributed by atoms with Crippen molar-refractivity contribution >= 4 is 17.7 Å². The highest BCUT2D eigenvalue weighted by molar-refractivity contribution is 6.01. The predicted octanol–water partition coefficient (Wildman–Crippen LogP) is 2.86. The first-order valence-electron chi connectivity index (χ1n) is 7.73. The first-order chi connectivity index (χ1) is 12.1. The lowest BCUT2D eigenvalue weighted by Crippen LogP contribution is -2.37. The molecule has 1 aromatic carbocycles. The summed E-state index contributed by atoms with van der Waals surface area (Å²) in [5.41, 5.74) is 0.228. The Hall–Kier alpha value is -3.14. The summed E-state index contributed by atoms with van der Waals surface area (Å²) in [6.45, 7) is 0.908. The third-order valence-corrected chi connectivity index (χ3v) is 3.97. The summed E-state index contributed by atoms with van der Waals surface area (Å²) in [7, 11) is 0. The molecule has 2 aromatic rings. The molecule has 5 nitrogen and oxygen atoms in total. The lowest BCUT2D eigenvalue weighted by atomic mass is 10.2. The van der Waals surface area contributed by atoms with E-state index in [-0.39, 0.29) is 11.6 Å². The fraction of sp³-hybridized carbons (Fsp3) is 0.222. The number of carbonyl (C=O) groups excluding carboxylic acids is 1. The van der Waals surface area contributed by atoms with Crippen molar-refractivity contribution in [2.45, 2.75) is 12.5 Å². The van der Waals surface area contributed by atoms with Crippen LogP contribution in [0.15, 0.2) is 46.6 Å². The summed E-state index contributed by atoms with van der Waals surface area (Å²) in [5.74, 6) is -1.37. The van der Waals surface area contributed by atoms with Gasteiger partial charge in [-0.05, 0) is 30.7 Å². The second kappa shape index (κ2) is 7.18. The van der Waals surface area contributed by atoms with E-state index >= 15 is 0 Å². The number of carbonyl (C=O) groups is 1. The number of nitriles is 1. The van der Waals surface area contributed by atoms with E-state index in [4.69, 9.17) is 9.68 Å². The van der Waals surface area contributed by atoms with Crippen LogP contribution in [0.25, 0.3) is 6.08 Å². The van der Waals surface area contributed by atoms with Gasteiger partial charge in [0.15, 0.2) is 0 Å². The fourth-order valence-electron chi connectivity index (χ4n) is 2.76. The molecule has 7 heteroatoms. The molecule has 2 heterocycles. The molecule has 1 aliphatic heterocycles. The van der Waals surface area contributed by atoms with Crippen LogP contribution in [-0.4, -0.2) is 25.0 Å². The summed E-state index contributed by atoms with van der Waals surface area (Å²) in [5, 5.41) is 11.9. The summed E-state index contributed by atoms with van der Waals surface area (Å²) in [6.07, 6.45) is 3.41. The van der Waals surface area contributed by atoms with E-state index < -0.39 is 17.5 Å². The standard InChI is InChI=1S/C18H15F2N3O2/c19-13-3-4-17(16(20)9-13)23-6-5-14(11-23)22-18(24)12(10-21)8-15-2-1-7-25-15/h1-4,7-9,14H,5-6,11H2,(H,22,24)/b12-8-. The van der Waals surface area contributed by atoms with Gasteiger partial charge in [-0.25, -0.2) is 8.78 Å². The van der Waals surface area contributed by atoms with Gasteiger partial charge in [-0.1, -0.05) is 0 Å². The molecule has 1 aromatic heterocycles. The number of amides is 1. The molecule has 0 spiro atoms. The van der Waals surface area contributed by atoms with Crippen LogP contribution < -0.4 is 10.2 Å². The van der Waals surface area contributed by atoms with Gasteiger partial charge in [-0.3, -0.25) is 4.79 Å². The second-order valence-electron chi connectivity index (χ2n) is 5.69. The van der Waals surface area contributed by atoms with Crippen LogP contribution in [0.2, 0.25) is 0 Å². The van der Waals surface area contributed by atoms with Crippen molar-refractivity contribution in [1.29, 1.82) is 5.26 Å². The summed E-state index contributed by atoms with van der Waals surface area (Å²) in [4.78, 5) is 14.0. The van der Waals surface area contributed by atoms with Gasteiger partial charge < -0.3 is 14.6 Å². The number of hydrogen-bond donors (Lipinski definition) is 1. The number of halogens is 2. The zero-order chi connectivity index (χ0) is 17.8. The highest BCUT2D eigenvalue weighted by Crippen LogP contribution is 2.24. The monoisotopic (exact) mass is 343 g/mol. The highest BCUT2D eigenvalue weighted by Gasteiger charge is 2.26. The van der Waals surface area contributed by atoms with Crippen molar-refractivity contribution in [3.8, 4) is 6.07 Å². The molecule has 0 aliphatic carbocycles. The molecule has 1 unspecified atom stereocenters. The normalized spacial score (nSPS) is 17.4. The van der Waals surface area contributed by atoms with Gasteiger partial charge in [-0.15, -0.1) is 0 Å². The van der Waals surface area contributed by atoms with Gasteiger partial charge in [0.2, 0.25) is 0 Å². The van der Waals surface area contributed by atoms with E-state index in [1.807, 2.05) is 6.07 Å². The topological polar surface area (TPSA) is 69.3 Å². The van der Waals surface area contributed by atoms with Crippen LogP contribution in [0.1, 0.15) is 12.2 Å². The van der Waals surface area contributed by atoms with Crippen LogP contribution in [0.3, 0.4) is 0 Å². The predicted molar refractivity (Wildman–Crippen MR) is 87.4 cm³/mol. The molecule has 0 bridgehead atoms. The summed E-state index contributed by atoms with van der Waals surface area (Å²) >= 11 is 0.